The Morgan fingerprint density at radius 3 is 1.34 bits per heavy atom. The molecule has 9 nitrogen and oxygen atoms in total. The molecule has 0 aromatic rings. The lowest BCUT2D eigenvalue weighted by Crippen LogP contribution is -2.29. The minimum Gasteiger partial charge on any atom is -0.462 e. The van der Waals surface area contributed by atoms with E-state index in [1.54, 1.807) is 0 Å². The Hall–Kier alpha value is -2.81. The third-order valence-corrected chi connectivity index (χ3v) is 11.0. The van der Waals surface area contributed by atoms with Gasteiger partial charge < -0.3 is 20.1 Å². The highest BCUT2D eigenvalue weighted by molar-refractivity contribution is 7.47. The average Bonchev–Trinajstić information content (AvgIpc) is 3.26. The van der Waals surface area contributed by atoms with Gasteiger partial charge in [-0.15, -0.1) is 0 Å². The lowest BCUT2D eigenvalue weighted by atomic mass is 10.1. The number of hydrogen-bond acceptors (Lipinski definition) is 8. The summed E-state index contributed by atoms with van der Waals surface area (Å²) in [5, 5.41) is 0. The van der Waals surface area contributed by atoms with E-state index in [-0.39, 0.29) is 32.6 Å². The second-order valence-corrected chi connectivity index (χ2v) is 17.4. The molecule has 356 valence electrons. The molecule has 0 aliphatic carbocycles. The zero-order valence-electron chi connectivity index (χ0n) is 39.3. The number of ether oxygens (including phenoxy) is 2. The van der Waals surface area contributed by atoms with Gasteiger partial charge in [0.1, 0.15) is 6.61 Å². The molecular weight excluding hydrogens is 798 g/mol. The molecule has 3 N–H and O–H groups in total. The summed E-state index contributed by atoms with van der Waals surface area (Å²) in [6.45, 7) is 3.59. The molecule has 0 saturated carbocycles. The topological polar surface area (TPSA) is 134 Å². The summed E-state index contributed by atoms with van der Waals surface area (Å²) in [7, 11) is -4.39. The van der Waals surface area contributed by atoms with E-state index in [2.05, 4.69) is 98.9 Å². The number of unbranched alkanes of at least 4 members (excludes halogenated alkanes) is 18. The van der Waals surface area contributed by atoms with Gasteiger partial charge in [-0.3, -0.25) is 18.6 Å². The number of carbonyl (C=O) groups is 2. The highest BCUT2D eigenvalue weighted by atomic mass is 31.2. The van der Waals surface area contributed by atoms with Crippen molar-refractivity contribution in [1.82, 2.24) is 0 Å². The molecule has 2 unspecified atom stereocenters. The van der Waals surface area contributed by atoms with E-state index < -0.39 is 32.5 Å². The fraction of sp³-hybridized carbons (Fsp3) is 0.692. The number of phosphoric ester groups is 1. The third kappa shape index (κ3) is 46.7. The van der Waals surface area contributed by atoms with E-state index in [0.717, 1.165) is 116 Å². The van der Waals surface area contributed by atoms with E-state index in [4.69, 9.17) is 24.3 Å². The molecule has 0 aromatic carbocycles. The summed E-state index contributed by atoms with van der Waals surface area (Å²) >= 11 is 0. The van der Waals surface area contributed by atoms with E-state index in [1.807, 2.05) is 0 Å². The maximum absolute atomic E-state index is 12.6. The lowest BCUT2D eigenvalue weighted by Gasteiger charge is -2.19. The largest absolute Gasteiger partial charge is 0.472 e. The van der Waals surface area contributed by atoms with E-state index >= 15 is 0 Å². The molecule has 2 atom stereocenters. The molecule has 0 aliphatic rings. The van der Waals surface area contributed by atoms with Gasteiger partial charge in [-0.05, 0) is 89.9 Å². The van der Waals surface area contributed by atoms with Crippen LogP contribution in [0.2, 0.25) is 0 Å². The maximum atomic E-state index is 12.6. The molecular formula is C52H90NO8P. The highest BCUT2D eigenvalue weighted by Crippen LogP contribution is 2.43. The van der Waals surface area contributed by atoms with Gasteiger partial charge >= 0.3 is 19.8 Å². The molecule has 0 aromatic heterocycles. The summed E-state index contributed by atoms with van der Waals surface area (Å²) in [6, 6.07) is 0. The predicted molar refractivity (Wildman–Crippen MR) is 261 cm³/mol. The normalized spacial score (nSPS) is 13.9. The van der Waals surface area contributed by atoms with Gasteiger partial charge in [-0.25, -0.2) is 4.57 Å². The monoisotopic (exact) mass is 888 g/mol. The van der Waals surface area contributed by atoms with Crippen molar-refractivity contribution in [3.8, 4) is 0 Å². The molecule has 0 heterocycles. The van der Waals surface area contributed by atoms with Crippen molar-refractivity contribution >= 4 is 19.8 Å². The predicted octanol–water partition coefficient (Wildman–Crippen LogP) is 14.8. The van der Waals surface area contributed by atoms with Crippen LogP contribution in [0.1, 0.15) is 200 Å². The average molecular weight is 888 g/mol. The molecule has 0 radical (unpaired) electrons. The van der Waals surface area contributed by atoms with Crippen molar-refractivity contribution in [3.05, 3.63) is 85.1 Å². The van der Waals surface area contributed by atoms with Crippen LogP contribution in [0, 0.1) is 0 Å². The lowest BCUT2D eigenvalue weighted by molar-refractivity contribution is -0.161. The third-order valence-electron chi connectivity index (χ3n) is 10.0. The Balaban J connectivity index is 4.14. The van der Waals surface area contributed by atoms with E-state index in [1.165, 1.54) is 51.4 Å². The quantitative estimate of drug-likeness (QED) is 0.0265. The minimum absolute atomic E-state index is 0.0455. The first-order chi connectivity index (χ1) is 30.3. The Morgan fingerprint density at radius 2 is 0.887 bits per heavy atom. The SMILES string of the molecule is CC/C=C\C/C=C\C/C=C\C/C=C\C/C=C\C/C=C\CCCCCCCCC(=O)OC(COC(=O)CCCCCCC/C=C\CCCCCCCCC)COP(=O)(O)OCCN. The van der Waals surface area contributed by atoms with Gasteiger partial charge in [-0.2, -0.15) is 0 Å². The fourth-order valence-electron chi connectivity index (χ4n) is 6.40. The molecule has 0 aliphatic heterocycles. The van der Waals surface area contributed by atoms with Crippen molar-refractivity contribution in [2.45, 2.75) is 206 Å². The van der Waals surface area contributed by atoms with Crippen LogP contribution in [0.4, 0.5) is 0 Å². The number of phosphoric acid groups is 1. The zero-order chi connectivity index (χ0) is 45.3. The van der Waals surface area contributed by atoms with Crippen LogP contribution in [0.3, 0.4) is 0 Å². The van der Waals surface area contributed by atoms with Crippen molar-refractivity contribution in [2.75, 3.05) is 26.4 Å². The van der Waals surface area contributed by atoms with Gasteiger partial charge in [0.2, 0.25) is 0 Å². The zero-order valence-corrected chi connectivity index (χ0v) is 40.2. The summed E-state index contributed by atoms with van der Waals surface area (Å²) < 4.78 is 32.9. The Labute approximate surface area is 379 Å². The number of allylic oxidation sites excluding steroid dienone is 14. The molecule has 0 spiro atoms. The van der Waals surface area contributed by atoms with Gasteiger partial charge in [0, 0.05) is 19.4 Å². The smallest absolute Gasteiger partial charge is 0.462 e. The van der Waals surface area contributed by atoms with Gasteiger partial charge in [0.25, 0.3) is 0 Å². The number of hydrogen-bond donors (Lipinski definition) is 2. The van der Waals surface area contributed by atoms with Gasteiger partial charge in [0.05, 0.1) is 13.2 Å². The van der Waals surface area contributed by atoms with Crippen LogP contribution < -0.4 is 5.73 Å². The summed E-state index contributed by atoms with van der Waals surface area (Å²) in [5.74, 6) is -0.859. The number of rotatable bonds is 45. The highest BCUT2D eigenvalue weighted by Gasteiger charge is 2.26. The van der Waals surface area contributed by atoms with Crippen LogP contribution in [0.25, 0.3) is 0 Å². The molecule has 0 bridgehead atoms. The van der Waals surface area contributed by atoms with Crippen LogP contribution >= 0.6 is 7.82 Å². The fourth-order valence-corrected chi connectivity index (χ4v) is 7.16. The second-order valence-electron chi connectivity index (χ2n) is 15.9. The first kappa shape index (κ1) is 59.2. The van der Waals surface area contributed by atoms with E-state index in [9.17, 15) is 19.0 Å². The first-order valence-corrected chi connectivity index (χ1v) is 26.1. The molecule has 0 saturated heterocycles. The van der Waals surface area contributed by atoms with Crippen LogP contribution in [-0.2, 0) is 32.7 Å². The summed E-state index contributed by atoms with van der Waals surface area (Å²) in [4.78, 5) is 35.0. The number of esters is 2. The molecule has 0 rings (SSSR count). The van der Waals surface area contributed by atoms with Crippen molar-refractivity contribution in [2.24, 2.45) is 5.73 Å². The summed E-state index contributed by atoms with van der Waals surface area (Å²) in [5.41, 5.74) is 5.36. The first-order valence-electron chi connectivity index (χ1n) is 24.6. The Kier molecular flexibility index (Phi) is 45.5. The molecule has 0 amide bonds. The van der Waals surface area contributed by atoms with Gasteiger partial charge in [0.15, 0.2) is 6.10 Å². The van der Waals surface area contributed by atoms with Crippen molar-refractivity contribution < 1.29 is 37.6 Å². The second kappa shape index (κ2) is 47.7. The van der Waals surface area contributed by atoms with Gasteiger partial charge in [-0.1, -0.05) is 182 Å². The van der Waals surface area contributed by atoms with Crippen LogP contribution in [-0.4, -0.2) is 49.3 Å². The number of carbonyl (C=O) groups excluding carboxylic acids is 2. The minimum atomic E-state index is -4.39. The Morgan fingerprint density at radius 1 is 0.500 bits per heavy atom. The molecule has 62 heavy (non-hydrogen) atoms. The maximum Gasteiger partial charge on any atom is 0.472 e. The van der Waals surface area contributed by atoms with Crippen molar-refractivity contribution in [1.29, 1.82) is 0 Å². The van der Waals surface area contributed by atoms with Crippen LogP contribution in [0.15, 0.2) is 85.1 Å². The molecule has 0 fully saturated rings. The molecule has 10 heteroatoms. The Bertz CT molecular complexity index is 1290. The van der Waals surface area contributed by atoms with Crippen molar-refractivity contribution in [3.63, 3.8) is 0 Å². The standard InChI is InChI=1S/C52H90NO8P/c1-3-5-7-9-11-13-15-17-19-21-22-23-24-25-26-27-28-29-31-33-35-37-39-41-43-45-52(55)61-50(49-60-62(56,57)59-47-46-53)48-58-51(54)44-42-40-38-36-34-32-30-20-18-16-14-12-10-8-6-4-2/h5,7,11,13,17,19-20,22-23,25-26,28-30,50H,3-4,6,8-10,12,14-16,18,21,24,27,31-49,53H2,1-2H3,(H,56,57)/b7-5-,13-11-,19-17-,23-22-,26-25-,29-28-,30-20-. The summed E-state index contributed by atoms with van der Waals surface area (Å²) in [6.07, 6.45) is 60.4. The number of nitrogens with two attached hydrogens (primary N) is 1. The van der Waals surface area contributed by atoms with E-state index in [0.29, 0.717) is 6.42 Å². The van der Waals surface area contributed by atoms with Crippen LogP contribution in [0.5, 0.6) is 0 Å².